The van der Waals surface area contributed by atoms with E-state index in [9.17, 15) is 4.79 Å². The normalized spacial score (nSPS) is 20.2. The summed E-state index contributed by atoms with van der Waals surface area (Å²) in [6.45, 7) is 4.07. The molecule has 0 unspecified atom stereocenters. The zero-order valence-corrected chi connectivity index (χ0v) is 19.8. The predicted octanol–water partition coefficient (Wildman–Crippen LogP) is 4.58. The molecule has 1 saturated carbocycles. The average molecular weight is 437 g/mol. The third-order valence-corrected chi connectivity index (χ3v) is 6.61. The zero-order chi connectivity index (χ0) is 22.7. The summed E-state index contributed by atoms with van der Waals surface area (Å²) in [5.41, 5.74) is 5.66. The number of amides is 2. The summed E-state index contributed by atoms with van der Waals surface area (Å²) < 4.78 is 0. The Morgan fingerprint density at radius 3 is 2.44 bits per heavy atom. The molecule has 0 atom stereocenters. The molecular weight excluding hydrogens is 400 g/mol. The second kappa shape index (κ2) is 9.76. The van der Waals surface area contributed by atoms with Gasteiger partial charge in [-0.05, 0) is 76.8 Å². The van der Waals surface area contributed by atoms with Gasteiger partial charge in [0.2, 0.25) is 5.95 Å². The summed E-state index contributed by atoms with van der Waals surface area (Å²) in [6.07, 6.45) is 8.42. The van der Waals surface area contributed by atoms with E-state index in [1.165, 1.54) is 29.7 Å². The Hall–Kier alpha value is -2.83. The van der Waals surface area contributed by atoms with E-state index >= 15 is 0 Å². The van der Waals surface area contributed by atoms with Crippen molar-refractivity contribution >= 4 is 23.5 Å². The van der Waals surface area contributed by atoms with Crippen LogP contribution in [-0.2, 0) is 12.8 Å². The van der Waals surface area contributed by atoms with Gasteiger partial charge < -0.3 is 20.9 Å². The Kier molecular flexibility index (Phi) is 6.82. The van der Waals surface area contributed by atoms with Crippen molar-refractivity contribution in [2.75, 3.05) is 29.6 Å². The fourth-order valence-corrected chi connectivity index (χ4v) is 4.87. The fraction of sp³-hybridized carbons (Fsp3) is 0.560. The lowest BCUT2D eigenvalue weighted by Crippen LogP contribution is -2.42. The second-order valence-corrected chi connectivity index (χ2v) is 9.51. The fourth-order valence-electron chi connectivity index (χ4n) is 4.87. The van der Waals surface area contributed by atoms with E-state index in [4.69, 9.17) is 9.97 Å². The largest absolute Gasteiger partial charge is 0.362 e. The smallest absolute Gasteiger partial charge is 0.319 e. The van der Waals surface area contributed by atoms with Gasteiger partial charge in [-0.15, -0.1) is 0 Å². The molecule has 0 saturated heterocycles. The number of urea groups is 1. The maximum absolute atomic E-state index is 12.5. The van der Waals surface area contributed by atoms with Crippen LogP contribution in [0.1, 0.15) is 60.9 Å². The van der Waals surface area contributed by atoms with Crippen LogP contribution in [0.5, 0.6) is 0 Å². The topological polar surface area (TPSA) is 82.2 Å². The van der Waals surface area contributed by atoms with Crippen LogP contribution in [-0.4, -0.2) is 42.2 Å². The van der Waals surface area contributed by atoms with Crippen molar-refractivity contribution in [3.05, 3.63) is 40.6 Å². The monoisotopic (exact) mass is 436 g/mol. The average Bonchev–Trinajstić information content (AvgIpc) is 2.76. The first-order valence-corrected chi connectivity index (χ1v) is 11.9. The number of nitrogens with one attached hydrogen (secondary N) is 3. The number of anilines is 3. The van der Waals surface area contributed by atoms with Crippen LogP contribution in [0.4, 0.5) is 22.2 Å². The van der Waals surface area contributed by atoms with Gasteiger partial charge in [-0.3, -0.25) is 0 Å². The van der Waals surface area contributed by atoms with E-state index in [-0.39, 0.29) is 12.1 Å². The van der Waals surface area contributed by atoms with Crippen molar-refractivity contribution in [1.29, 1.82) is 0 Å². The highest BCUT2D eigenvalue weighted by Crippen LogP contribution is 2.29. The zero-order valence-electron chi connectivity index (χ0n) is 19.8. The number of aromatic nitrogens is 2. The SMILES string of the molecule is Cc1ccc(NC(=O)N[C@H]2CC[C@@H](Nc3nc4c(c(N(C)C)n3)CCCC4)CC2)c(C)c1. The molecule has 1 heterocycles. The molecule has 172 valence electrons. The van der Waals surface area contributed by atoms with Gasteiger partial charge in [-0.25, -0.2) is 9.78 Å². The van der Waals surface area contributed by atoms with Crippen molar-refractivity contribution < 1.29 is 4.79 Å². The van der Waals surface area contributed by atoms with E-state index in [1.54, 1.807) is 0 Å². The molecule has 1 aromatic carbocycles. The third-order valence-electron chi connectivity index (χ3n) is 6.61. The lowest BCUT2D eigenvalue weighted by molar-refractivity contribution is 0.243. The number of benzene rings is 1. The van der Waals surface area contributed by atoms with Gasteiger partial charge in [0.05, 0.1) is 5.69 Å². The third kappa shape index (κ3) is 5.31. The maximum Gasteiger partial charge on any atom is 0.319 e. The first-order chi connectivity index (χ1) is 15.4. The first kappa shape index (κ1) is 22.4. The summed E-state index contributed by atoms with van der Waals surface area (Å²) >= 11 is 0. The number of rotatable bonds is 5. The number of nitrogens with zero attached hydrogens (tertiary/aromatic N) is 3. The summed E-state index contributed by atoms with van der Waals surface area (Å²) in [7, 11) is 4.11. The van der Waals surface area contributed by atoms with Crippen molar-refractivity contribution in [2.24, 2.45) is 0 Å². The molecule has 4 rings (SSSR count). The molecule has 7 heteroatoms. The Morgan fingerprint density at radius 2 is 1.72 bits per heavy atom. The van der Waals surface area contributed by atoms with Gasteiger partial charge in [0, 0.05) is 37.4 Å². The standard InChI is InChI=1S/C25H36N6O/c1-16-9-14-21(17(2)15-16)29-25(32)27-19-12-10-18(11-13-19)26-24-28-22-8-6-5-7-20(22)23(30-24)31(3)4/h9,14-15,18-19H,5-8,10-13H2,1-4H3,(H,26,28,30)(H2,27,29,32)/t18-,19+. The number of carbonyl (C=O) groups is 1. The summed E-state index contributed by atoms with van der Waals surface area (Å²) in [4.78, 5) is 24.3. The van der Waals surface area contributed by atoms with Crippen LogP contribution < -0.4 is 20.9 Å². The minimum absolute atomic E-state index is 0.123. The maximum atomic E-state index is 12.5. The molecule has 1 aromatic heterocycles. The molecule has 2 aliphatic carbocycles. The molecule has 2 aliphatic rings. The number of hydrogen-bond acceptors (Lipinski definition) is 5. The van der Waals surface area contributed by atoms with Crippen LogP contribution >= 0.6 is 0 Å². The highest BCUT2D eigenvalue weighted by molar-refractivity contribution is 5.90. The highest BCUT2D eigenvalue weighted by Gasteiger charge is 2.25. The number of carbonyl (C=O) groups excluding carboxylic acids is 1. The van der Waals surface area contributed by atoms with Crippen LogP contribution in [0, 0.1) is 13.8 Å². The number of aryl methyl sites for hydroxylation is 3. The lowest BCUT2D eigenvalue weighted by atomic mass is 9.91. The van der Waals surface area contributed by atoms with E-state index in [0.29, 0.717) is 6.04 Å². The minimum Gasteiger partial charge on any atom is -0.362 e. The van der Waals surface area contributed by atoms with Gasteiger partial charge in [0.25, 0.3) is 0 Å². The summed E-state index contributed by atoms with van der Waals surface area (Å²) in [6, 6.07) is 6.47. The summed E-state index contributed by atoms with van der Waals surface area (Å²) in [5, 5.41) is 9.71. The van der Waals surface area contributed by atoms with E-state index in [1.807, 2.05) is 19.1 Å². The molecular formula is C25H36N6O. The van der Waals surface area contributed by atoms with Gasteiger partial charge in [-0.1, -0.05) is 17.7 Å². The molecule has 3 N–H and O–H groups in total. The molecule has 32 heavy (non-hydrogen) atoms. The molecule has 2 amide bonds. The molecule has 0 bridgehead atoms. The number of fused-ring (bicyclic) bond motifs is 1. The molecule has 1 fully saturated rings. The van der Waals surface area contributed by atoms with Crippen LogP contribution in [0.15, 0.2) is 18.2 Å². The van der Waals surface area contributed by atoms with Crippen LogP contribution in [0.25, 0.3) is 0 Å². The molecule has 0 spiro atoms. The molecule has 2 aromatic rings. The first-order valence-electron chi connectivity index (χ1n) is 11.9. The van der Waals surface area contributed by atoms with Gasteiger partial charge in [0.1, 0.15) is 5.82 Å². The summed E-state index contributed by atoms with van der Waals surface area (Å²) in [5.74, 6) is 1.80. The molecule has 0 radical (unpaired) electrons. The van der Waals surface area contributed by atoms with Crippen molar-refractivity contribution in [1.82, 2.24) is 15.3 Å². The van der Waals surface area contributed by atoms with Gasteiger partial charge in [-0.2, -0.15) is 4.98 Å². The Morgan fingerprint density at radius 1 is 1.00 bits per heavy atom. The Balaban J connectivity index is 1.30. The van der Waals surface area contributed by atoms with Crippen molar-refractivity contribution in [2.45, 2.75) is 77.3 Å². The van der Waals surface area contributed by atoms with Gasteiger partial charge >= 0.3 is 6.03 Å². The molecule has 0 aliphatic heterocycles. The Bertz CT molecular complexity index is 965. The van der Waals surface area contributed by atoms with E-state index < -0.39 is 0 Å². The van der Waals surface area contributed by atoms with Crippen LogP contribution in [0.3, 0.4) is 0 Å². The second-order valence-electron chi connectivity index (χ2n) is 9.51. The predicted molar refractivity (Wildman–Crippen MR) is 131 cm³/mol. The highest BCUT2D eigenvalue weighted by atomic mass is 16.2. The van der Waals surface area contributed by atoms with Gasteiger partial charge in [0.15, 0.2) is 0 Å². The lowest BCUT2D eigenvalue weighted by Gasteiger charge is -2.30. The van der Waals surface area contributed by atoms with Crippen molar-refractivity contribution in [3.8, 4) is 0 Å². The van der Waals surface area contributed by atoms with Crippen LogP contribution in [0.2, 0.25) is 0 Å². The molecule has 7 nitrogen and oxygen atoms in total. The van der Waals surface area contributed by atoms with Crippen molar-refractivity contribution in [3.63, 3.8) is 0 Å². The number of hydrogen-bond donors (Lipinski definition) is 3. The Labute approximate surface area is 191 Å². The van der Waals surface area contributed by atoms with E-state index in [0.717, 1.165) is 61.5 Å². The quantitative estimate of drug-likeness (QED) is 0.639. The minimum atomic E-state index is -0.123. The van der Waals surface area contributed by atoms with E-state index in [2.05, 4.69) is 47.9 Å².